The Morgan fingerprint density at radius 1 is 1.43 bits per heavy atom. The topological polar surface area (TPSA) is 57.8 Å². The number of hydrogen-bond acceptors (Lipinski definition) is 2. The number of H-pyrrole nitrogens is 1. The van der Waals surface area contributed by atoms with E-state index in [1.54, 1.807) is 12.1 Å². The molecule has 6 heteroatoms. The quantitative estimate of drug-likeness (QED) is 0.908. The molecule has 2 aromatic rings. The number of nitrogens with zero attached hydrogens (tertiary/aromatic N) is 1. The third-order valence-corrected chi connectivity index (χ3v) is 3.41. The van der Waals surface area contributed by atoms with E-state index in [1.807, 2.05) is 20.8 Å². The second-order valence-electron chi connectivity index (χ2n) is 5.84. The third kappa shape index (κ3) is 3.82. The number of carbonyl (C=O) groups excluding carboxylic acids is 1. The van der Waals surface area contributed by atoms with Gasteiger partial charge >= 0.3 is 0 Å². The van der Waals surface area contributed by atoms with Gasteiger partial charge in [-0.25, -0.2) is 4.39 Å². The van der Waals surface area contributed by atoms with E-state index in [-0.39, 0.29) is 28.3 Å². The summed E-state index contributed by atoms with van der Waals surface area (Å²) in [4.78, 5) is 12.0. The fraction of sp³-hybridized carbons (Fsp3) is 0.333. The summed E-state index contributed by atoms with van der Waals surface area (Å²) in [5, 5.41) is 9.77. The van der Waals surface area contributed by atoms with E-state index in [9.17, 15) is 9.18 Å². The van der Waals surface area contributed by atoms with E-state index in [2.05, 4.69) is 15.5 Å². The molecule has 1 heterocycles. The number of amides is 1. The Labute approximate surface area is 127 Å². The molecule has 0 saturated carbocycles. The highest BCUT2D eigenvalue weighted by Crippen LogP contribution is 2.23. The van der Waals surface area contributed by atoms with Gasteiger partial charge in [0.25, 0.3) is 0 Å². The first kappa shape index (κ1) is 15.5. The number of aromatic amines is 1. The molecule has 0 atom stereocenters. The molecule has 0 aliphatic heterocycles. The molecule has 0 saturated heterocycles. The summed E-state index contributed by atoms with van der Waals surface area (Å²) in [7, 11) is 0. The van der Waals surface area contributed by atoms with Gasteiger partial charge in [-0.1, -0.05) is 38.4 Å². The van der Waals surface area contributed by atoms with E-state index in [4.69, 9.17) is 11.6 Å². The maximum absolute atomic E-state index is 13.6. The fourth-order valence-corrected chi connectivity index (χ4v) is 2.05. The summed E-state index contributed by atoms with van der Waals surface area (Å²) < 4.78 is 13.6. The van der Waals surface area contributed by atoms with Crippen LogP contribution in [0.2, 0.25) is 5.02 Å². The summed E-state index contributed by atoms with van der Waals surface area (Å²) in [5.74, 6) is -0.443. The van der Waals surface area contributed by atoms with Crippen LogP contribution >= 0.6 is 11.6 Å². The first-order chi connectivity index (χ1) is 9.77. The van der Waals surface area contributed by atoms with Crippen LogP contribution in [0.15, 0.2) is 24.3 Å². The molecule has 0 unspecified atom stereocenters. The normalized spacial score (nSPS) is 11.5. The highest BCUT2D eigenvalue weighted by atomic mass is 35.5. The molecular weight excluding hydrogens is 293 g/mol. The lowest BCUT2D eigenvalue weighted by atomic mass is 9.92. The molecule has 0 radical (unpaired) electrons. The van der Waals surface area contributed by atoms with Crippen LogP contribution in [-0.4, -0.2) is 16.1 Å². The molecule has 112 valence electrons. The van der Waals surface area contributed by atoms with Crippen molar-refractivity contribution < 1.29 is 9.18 Å². The Morgan fingerprint density at radius 2 is 2.14 bits per heavy atom. The molecule has 2 rings (SSSR count). The van der Waals surface area contributed by atoms with Crippen LogP contribution in [0.5, 0.6) is 0 Å². The molecule has 0 spiro atoms. The van der Waals surface area contributed by atoms with Crippen molar-refractivity contribution in [1.29, 1.82) is 0 Å². The smallest absolute Gasteiger partial charge is 0.230 e. The lowest BCUT2D eigenvalue weighted by Gasteiger charge is -2.14. The number of rotatable bonds is 3. The molecule has 0 fully saturated rings. The highest BCUT2D eigenvalue weighted by Gasteiger charge is 2.18. The summed E-state index contributed by atoms with van der Waals surface area (Å²) in [6, 6.07) is 6.10. The minimum atomic E-state index is -0.491. The molecule has 1 aromatic carbocycles. The Kier molecular flexibility index (Phi) is 4.32. The van der Waals surface area contributed by atoms with Crippen LogP contribution in [0.4, 0.5) is 10.2 Å². The van der Waals surface area contributed by atoms with Gasteiger partial charge < -0.3 is 5.32 Å². The highest BCUT2D eigenvalue weighted by molar-refractivity contribution is 6.31. The van der Waals surface area contributed by atoms with Gasteiger partial charge in [-0.3, -0.25) is 9.89 Å². The van der Waals surface area contributed by atoms with Gasteiger partial charge in [0.2, 0.25) is 5.91 Å². The molecule has 4 nitrogen and oxygen atoms in total. The zero-order valence-corrected chi connectivity index (χ0v) is 12.9. The third-order valence-electron chi connectivity index (χ3n) is 3.05. The first-order valence-corrected chi connectivity index (χ1v) is 6.94. The van der Waals surface area contributed by atoms with Gasteiger partial charge in [-0.2, -0.15) is 5.10 Å². The number of anilines is 1. The summed E-state index contributed by atoms with van der Waals surface area (Å²) >= 11 is 5.90. The molecule has 21 heavy (non-hydrogen) atoms. The van der Waals surface area contributed by atoms with Crippen molar-refractivity contribution in [3.05, 3.63) is 46.4 Å². The maximum atomic E-state index is 13.6. The van der Waals surface area contributed by atoms with Crippen LogP contribution in [0.1, 0.15) is 32.0 Å². The largest absolute Gasteiger partial charge is 0.309 e. The summed E-state index contributed by atoms with van der Waals surface area (Å²) in [5.41, 5.74) is 0.995. The number of carbonyl (C=O) groups is 1. The van der Waals surface area contributed by atoms with Crippen molar-refractivity contribution >= 4 is 23.3 Å². The monoisotopic (exact) mass is 309 g/mol. The number of benzene rings is 1. The van der Waals surface area contributed by atoms with Crippen LogP contribution in [0.25, 0.3) is 0 Å². The summed E-state index contributed by atoms with van der Waals surface area (Å²) in [6.45, 7) is 6.10. The van der Waals surface area contributed by atoms with E-state index in [0.717, 1.165) is 5.69 Å². The predicted octanol–water partition coefficient (Wildman–Crippen LogP) is 3.68. The zero-order valence-electron chi connectivity index (χ0n) is 12.1. The maximum Gasteiger partial charge on any atom is 0.230 e. The van der Waals surface area contributed by atoms with Crippen molar-refractivity contribution in [1.82, 2.24) is 10.2 Å². The van der Waals surface area contributed by atoms with Crippen molar-refractivity contribution in [3.8, 4) is 0 Å². The average Bonchev–Trinajstić information content (AvgIpc) is 2.82. The molecule has 0 bridgehead atoms. The Bertz CT molecular complexity index is 641. The number of hydrogen-bond donors (Lipinski definition) is 2. The standard InChI is InChI=1S/C15H17ClFN3O/c1-15(2,3)12-8-13(20-19-12)18-14(21)7-9-10(16)5-4-6-11(9)17/h4-6,8H,7H2,1-3H3,(H2,18,19,20,21). The number of halogens is 2. The second-order valence-corrected chi connectivity index (χ2v) is 6.25. The van der Waals surface area contributed by atoms with Gasteiger partial charge in [0.05, 0.1) is 6.42 Å². The van der Waals surface area contributed by atoms with E-state index in [1.165, 1.54) is 12.1 Å². The van der Waals surface area contributed by atoms with Crippen molar-refractivity contribution in [3.63, 3.8) is 0 Å². The van der Waals surface area contributed by atoms with Gasteiger partial charge in [0.1, 0.15) is 5.82 Å². The van der Waals surface area contributed by atoms with Gasteiger partial charge in [-0.05, 0) is 12.1 Å². The van der Waals surface area contributed by atoms with Crippen molar-refractivity contribution in [2.24, 2.45) is 0 Å². The van der Waals surface area contributed by atoms with Crippen LogP contribution in [0.3, 0.4) is 0 Å². The zero-order chi connectivity index (χ0) is 15.6. The van der Waals surface area contributed by atoms with Crippen molar-refractivity contribution in [2.45, 2.75) is 32.6 Å². The number of nitrogens with one attached hydrogen (secondary N) is 2. The SMILES string of the molecule is CC(C)(C)c1cc(NC(=O)Cc2c(F)cccc2Cl)n[nH]1. The van der Waals surface area contributed by atoms with Crippen LogP contribution in [0, 0.1) is 5.82 Å². The van der Waals surface area contributed by atoms with Gasteiger partial charge in [-0.15, -0.1) is 0 Å². The minimum Gasteiger partial charge on any atom is -0.309 e. The fourth-order valence-electron chi connectivity index (χ4n) is 1.82. The van der Waals surface area contributed by atoms with Crippen LogP contribution < -0.4 is 5.32 Å². The van der Waals surface area contributed by atoms with Crippen LogP contribution in [-0.2, 0) is 16.6 Å². The van der Waals surface area contributed by atoms with Gasteiger partial charge in [0, 0.05) is 27.8 Å². The van der Waals surface area contributed by atoms with E-state index >= 15 is 0 Å². The van der Waals surface area contributed by atoms with E-state index < -0.39 is 5.82 Å². The predicted molar refractivity (Wildman–Crippen MR) is 81.0 cm³/mol. The lowest BCUT2D eigenvalue weighted by molar-refractivity contribution is -0.115. The molecule has 1 aromatic heterocycles. The average molecular weight is 310 g/mol. The molecule has 1 amide bonds. The molecular formula is C15H17ClFN3O. The van der Waals surface area contributed by atoms with Crippen molar-refractivity contribution in [2.75, 3.05) is 5.32 Å². The first-order valence-electron chi connectivity index (χ1n) is 6.56. The molecule has 2 N–H and O–H groups in total. The molecule has 0 aliphatic carbocycles. The second kappa shape index (κ2) is 5.85. The van der Waals surface area contributed by atoms with Gasteiger partial charge in [0.15, 0.2) is 5.82 Å². The minimum absolute atomic E-state index is 0.0924. The Balaban J connectivity index is 2.07. The molecule has 0 aliphatic rings. The number of aromatic nitrogens is 2. The van der Waals surface area contributed by atoms with E-state index in [0.29, 0.717) is 5.82 Å². The summed E-state index contributed by atoms with van der Waals surface area (Å²) in [6.07, 6.45) is -0.136. The Morgan fingerprint density at radius 3 is 2.71 bits per heavy atom. The Hall–Kier alpha value is -1.88. The lowest BCUT2D eigenvalue weighted by Crippen LogP contribution is -2.16.